The van der Waals surface area contributed by atoms with Gasteiger partial charge in [0.2, 0.25) is 0 Å². The summed E-state index contributed by atoms with van der Waals surface area (Å²) < 4.78 is 19.1. The van der Waals surface area contributed by atoms with Gasteiger partial charge >= 0.3 is 6.01 Å². The Labute approximate surface area is 131 Å². The number of rotatable bonds is 6. The SMILES string of the molecule is CCCNC(=S)Nc1nc(OCc2cccs2)ncc1F. The maximum atomic E-state index is 13.6. The molecule has 2 heterocycles. The fourth-order valence-electron chi connectivity index (χ4n) is 1.43. The summed E-state index contributed by atoms with van der Waals surface area (Å²) in [4.78, 5) is 8.82. The molecule has 0 unspecified atom stereocenters. The molecule has 0 atom stereocenters. The van der Waals surface area contributed by atoms with Crippen molar-refractivity contribution in [1.82, 2.24) is 15.3 Å². The van der Waals surface area contributed by atoms with Crippen molar-refractivity contribution < 1.29 is 9.13 Å². The summed E-state index contributed by atoms with van der Waals surface area (Å²) in [7, 11) is 0. The van der Waals surface area contributed by atoms with E-state index in [2.05, 4.69) is 20.6 Å². The van der Waals surface area contributed by atoms with Crippen molar-refractivity contribution in [3.63, 3.8) is 0 Å². The number of hydrogen-bond acceptors (Lipinski definition) is 5. The zero-order valence-corrected chi connectivity index (χ0v) is 13.1. The van der Waals surface area contributed by atoms with Crippen LogP contribution >= 0.6 is 23.6 Å². The van der Waals surface area contributed by atoms with Crippen molar-refractivity contribution in [1.29, 1.82) is 0 Å². The molecule has 0 bridgehead atoms. The molecule has 0 aliphatic carbocycles. The van der Waals surface area contributed by atoms with Crippen LogP contribution < -0.4 is 15.4 Å². The van der Waals surface area contributed by atoms with Crippen LogP contribution in [0.3, 0.4) is 0 Å². The summed E-state index contributed by atoms with van der Waals surface area (Å²) in [5, 5.41) is 7.90. The number of ether oxygens (including phenoxy) is 1. The zero-order chi connectivity index (χ0) is 15.1. The lowest BCUT2D eigenvalue weighted by atomic mass is 10.5. The molecule has 0 aromatic carbocycles. The molecular formula is C13H15FN4OS2. The molecule has 0 spiro atoms. The lowest BCUT2D eigenvalue weighted by molar-refractivity contribution is 0.283. The quantitative estimate of drug-likeness (QED) is 0.796. The minimum absolute atomic E-state index is 0.000201. The summed E-state index contributed by atoms with van der Waals surface area (Å²) in [5.74, 6) is -0.584. The average Bonchev–Trinajstić information content (AvgIpc) is 2.99. The Kier molecular flexibility index (Phi) is 5.82. The Bertz CT molecular complexity index is 592. The van der Waals surface area contributed by atoms with Gasteiger partial charge in [-0.25, -0.2) is 9.37 Å². The van der Waals surface area contributed by atoms with Gasteiger partial charge in [0.25, 0.3) is 0 Å². The van der Waals surface area contributed by atoms with Crippen LogP contribution in [0.5, 0.6) is 6.01 Å². The van der Waals surface area contributed by atoms with Gasteiger partial charge in [-0.2, -0.15) is 4.98 Å². The van der Waals surface area contributed by atoms with Crippen LogP contribution in [-0.4, -0.2) is 21.6 Å². The Hall–Kier alpha value is -1.80. The van der Waals surface area contributed by atoms with Gasteiger partial charge in [-0.15, -0.1) is 11.3 Å². The summed E-state index contributed by atoms with van der Waals surface area (Å²) >= 11 is 6.61. The van der Waals surface area contributed by atoms with Crippen LogP contribution in [0, 0.1) is 5.82 Å². The van der Waals surface area contributed by atoms with Crippen molar-refractivity contribution in [3.8, 4) is 6.01 Å². The highest BCUT2D eigenvalue weighted by atomic mass is 32.1. The summed E-state index contributed by atoms with van der Waals surface area (Å²) in [6, 6.07) is 3.97. The Morgan fingerprint density at radius 1 is 1.52 bits per heavy atom. The molecular weight excluding hydrogens is 311 g/mol. The first-order valence-electron chi connectivity index (χ1n) is 6.41. The number of nitrogens with zero attached hydrogens (tertiary/aromatic N) is 2. The highest BCUT2D eigenvalue weighted by Gasteiger charge is 2.09. The predicted molar refractivity (Wildman–Crippen MR) is 85.2 cm³/mol. The Morgan fingerprint density at radius 3 is 3.10 bits per heavy atom. The number of aromatic nitrogens is 2. The van der Waals surface area contributed by atoms with E-state index in [1.807, 2.05) is 24.4 Å². The van der Waals surface area contributed by atoms with E-state index in [9.17, 15) is 4.39 Å². The van der Waals surface area contributed by atoms with Gasteiger partial charge in [-0.05, 0) is 30.1 Å². The third kappa shape index (κ3) is 4.91. The number of nitrogens with one attached hydrogen (secondary N) is 2. The molecule has 2 N–H and O–H groups in total. The molecule has 0 aliphatic heterocycles. The molecule has 0 aliphatic rings. The lowest BCUT2D eigenvalue weighted by Gasteiger charge is -2.10. The van der Waals surface area contributed by atoms with Crippen LogP contribution in [0.1, 0.15) is 18.2 Å². The molecule has 0 saturated carbocycles. The molecule has 0 saturated heterocycles. The molecule has 2 aromatic rings. The number of hydrogen-bond donors (Lipinski definition) is 2. The second kappa shape index (κ2) is 7.84. The molecule has 0 amide bonds. The van der Waals surface area contributed by atoms with Gasteiger partial charge in [0.05, 0.1) is 6.20 Å². The maximum absolute atomic E-state index is 13.6. The Morgan fingerprint density at radius 2 is 2.38 bits per heavy atom. The van der Waals surface area contributed by atoms with E-state index in [0.29, 0.717) is 18.3 Å². The van der Waals surface area contributed by atoms with Crippen molar-refractivity contribution in [3.05, 3.63) is 34.4 Å². The van der Waals surface area contributed by atoms with E-state index in [1.54, 1.807) is 11.3 Å². The first-order chi connectivity index (χ1) is 10.2. The maximum Gasteiger partial charge on any atom is 0.318 e. The first-order valence-corrected chi connectivity index (χ1v) is 7.70. The minimum Gasteiger partial charge on any atom is -0.458 e. The summed E-state index contributed by atoms with van der Waals surface area (Å²) in [5.41, 5.74) is 0. The van der Waals surface area contributed by atoms with E-state index >= 15 is 0 Å². The van der Waals surface area contributed by atoms with Gasteiger partial charge in [-0.1, -0.05) is 13.0 Å². The molecule has 2 aromatic heterocycles. The van der Waals surface area contributed by atoms with E-state index < -0.39 is 5.82 Å². The topological polar surface area (TPSA) is 59.1 Å². The normalized spacial score (nSPS) is 10.2. The largest absolute Gasteiger partial charge is 0.458 e. The smallest absolute Gasteiger partial charge is 0.318 e. The number of halogens is 1. The number of thiophene rings is 1. The minimum atomic E-state index is -0.584. The fourth-order valence-corrected chi connectivity index (χ4v) is 2.24. The van der Waals surface area contributed by atoms with E-state index in [1.165, 1.54) is 0 Å². The average molecular weight is 326 g/mol. The first kappa shape index (κ1) is 15.6. The number of thiocarbonyl (C=S) groups is 1. The van der Waals surface area contributed by atoms with Gasteiger partial charge < -0.3 is 15.4 Å². The third-order valence-electron chi connectivity index (χ3n) is 2.41. The highest BCUT2D eigenvalue weighted by molar-refractivity contribution is 7.80. The molecule has 112 valence electrons. The second-order valence-electron chi connectivity index (χ2n) is 4.10. The van der Waals surface area contributed by atoms with Crippen LogP contribution in [-0.2, 0) is 6.61 Å². The molecule has 5 nitrogen and oxygen atoms in total. The summed E-state index contributed by atoms with van der Waals surface area (Å²) in [6.45, 7) is 3.07. The third-order valence-corrected chi connectivity index (χ3v) is 3.51. The van der Waals surface area contributed by atoms with E-state index in [4.69, 9.17) is 17.0 Å². The molecule has 0 fully saturated rings. The van der Waals surface area contributed by atoms with Crippen molar-refractivity contribution in [2.75, 3.05) is 11.9 Å². The number of anilines is 1. The standard InChI is InChI=1S/C13H15FN4OS2/c1-2-5-15-13(20)18-11-10(14)7-16-12(17-11)19-8-9-4-3-6-21-9/h3-4,6-7H,2,5,8H2,1H3,(H2,15,16,17,18,20). The van der Waals surface area contributed by atoms with Crippen molar-refractivity contribution >= 4 is 34.5 Å². The van der Waals surface area contributed by atoms with Gasteiger partial charge in [0.1, 0.15) is 6.61 Å². The van der Waals surface area contributed by atoms with Crippen molar-refractivity contribution in [2.24, 2.45) is 0 Å². The van der Waals surface area contributed by atoms with Crippen molar-refractivity contribution in [2.45, 2.75) is 20.0 Å². The lowest BCUT2D eigenvalue weighted by Crippen LogP contribution is -2.29. The van der Waals surface area contributed by atoms with Crippen LogP contribution in [0.25, 0.3) is 0 Å². The zero-order valence-electron chi connectivity index (χ0n) is 11.4. The second-order valence-corrected chi connectivity index (χ2v) is 5.54. The van der Waals surface area contributed by atoms with Gasteiger partial charge in [-0.3, -0.25) is 0 Å². The predicted octanol–water partition coefficient (Wildman–Crippen LogP) is 2.95. The van der Waals surface area contributed by atoms with Crippen LogP contribution in [0.15, 0.2) is 23.7 Å². The fraction of sp³-hybridized carbons (Fsp3) is 0.308. The molecule has 21 heavy (non-hydrogen) atoms. The molecule has 2 rings (SSSR count). The molecule has 0 radical (unpaired) electrons. The highest BCUT2D eigenvalue weighted by Crippen LogP contribution is 2.16. The van der Waals surface area contributed by atoms with Gasteiger partial charge in [0.15, 0.2) is 16.7 Å². The van der Waals surface area contributed by atoms with Gasteiger partial charge in [0, 0.05) is 11.4 Å². The van der Waals surface area contributed by atoms with Crippen LogP contribution in [0.4, 0.5) is 10.2 Å². The Balaban J connectivity index is 1.97. The van der Waals surface area contributed by atoms with E-state index in [-0.39, 0.29) is 11.8 Å². The van der Waals surface area contributed by atoms with E-state index in [0.717, 1.165) is 17.5 Å². The summed E-state index contributed by atoms with van der Waals surface area (Å²) in [6.07, 6.45) is 1.98. The monoisotopic (exact) mass is 326 g/mol. The van der Waals surface area contributed by atoms with Crippen LogP contribution in [0.2, 0.25) is 0 Å². The molecule has 8 heteroatoms.